The van der Waals surface area contributed by atoms with Crippen LogP contribution in [0, 0.1) is 0 Å². The van der Waals surface area contributed by atoms with Gasteiger partial charge in [-0.1, -0.05) is 5.21 Å². The fraction of sp³-hybridized carbons (Fsp3) is 0.833. The fourth-order valence-electron chi connectivity index (χ4n) is 2.00. The van der Waals surface area contributed by atoms with Crippen molar-refractivity contribution in [2.75, 3.05) is 39.8 Å². The highest BCUT2D eigenvalue weighted by molar-refractivity contribution is 5.02. The molecule has 0 amide bonds. The minimum absolute atomic E-state index is 0.626. The zero-order valence-corrected chi connectivity index (χ0v) is 11.5. The summed E-state index contributed by atoms with van der Waals surface area (Å²) in [5.74, 6) is 0. The molecule has 0 aromatic carbocycles. The summed E-state index contributed by atoms with van der Waals surface area (Å²) < 4.78 is 1.81. The Balaban J connectivity index is 1.82. The Bertz CT molecular complexity index is 376. The molecule has 1 aromatic heterocycles. The second-order valence-electron chi connectivity index (χ2n) is 5.57. The van der Waals surface area contributed by atoms with E-state index < -0.39 is 5.60 Å². The molecule has 1 saturated heterocycles. The Morgan fingerprint density at radius 2 is 1.89 bits per heavy atom. The van der Waals surface area contributed by atoms with Gasteiger partial charge in [0.1, 0.15) is 11.3 Å². The first kappa shape index (κ1) is 13.5. The van der Waals surface area contributed by atoms with Crippen LogP contribution in [0.25, 0.3) is 0 Å². The van der Waals surface area contributed by atoms with Gasteiger partial charge in [0, 0.05) is 32.7 Å². The van der Waals surface area contributed by atoms with E-state index in [2.05, 4.69) is 27.2 Å². The maximum atomic E-state index is 9.82. The van der Waals surface area contributed by atoms with Crippen molar-refractivity contribution in [3.63, 3.8) is 0 Å². The SMILES string of the molecule is CN1CCN(CCn2cc(C(C)(C)O)nn2)CC1. The quantitative estimate of drug-likeness (QED) is 0.802. The molecule has 2 heterocycles. The fourth-order valence-corrected chi connectivity index (χ4v) is 2.00. The molecule has 1 fully saturated rings. The number of aliphatic hydroxyl groups is 1. The van der Waals surface area contributed by atoms with Crippen LogP contribution in [0.1, 0.15) is 19.5 Å². The largest absolute Gasteiger partial charge is 0.384 e. The van der Waals surface area contributed by atoms with Gasteiger partial charge in [-0.3, -0.25) is 9.58 Å². The molecule has 1 aromatic rings. The molecule has 0 spiro atoms. The van der Waals surface area contributed by atoms with Crippen LogP contribution in [-0.2, 0) is 12.1 Å². The third kappa shape index (κ3) is 3.51. The molecule has 1 aliphatic heterocycles. The zero-order chi connectivity index (χ0) is 13.2. The predicted molar refractivity (Wildman–Crippen MR) is 69.2 cm³/mol. The van der Waals surface area contributed by atoms with Crippen LogP contribution in [0.4, 0.5) is 0 Å². The summed E-state index contributed by atoms with van der Waals surface area (Å²) in [6, 6.07) is 0. The van der Waals surface area contributed by atoms with E-state index in [-0.39, 0.29) is 0 Å². The molecule has 0 unspecified atom stereocenters. The monoisotopic (exact) mass is 253 g/mol. The van der Waals surface area contributed by atoms with Crippen LogP contribution in [0.2, 0.25) is 0 Å². The van der Waals surface area contributed by atoms with Gasteiger partial charge in [0.05, 0.1) is 12.7 Å². The van der Waals surface area contributed by atoms with Crippen molar-refractivity contribution in [3.8, 4) is 0 Å². The Morgan fingerprint density at radius 1 is 1.22 bits per heavy atom. The van der Waals surface area contributed by atoms with Gasteiger partial charge in [-0.2, -0.15) is 0 Å². The highest BCUT2D eigenvalue weighted by atomic mass is 16.3. The van der Waals surface area contributed by atoms with Gasteiger partial charge in [0.25, 0.3) is 0 Å². The lowest BCUT2D eigenvalue weighted by molar-refractivity contribution is 0.0737. The number of nitrogens with zero attached hydrogens (tertiary/aromatic N) is 5. The summed E-state index contributed by atoms with van der Waals surface area (Å²) in [7, 11) is 2.16. The van der Waals surface area contributed by atoms with Crippen LogP contribution >= 0.6 is 0 Å². The first-order valence-electron chi connectivity index (χ1n) is 6.49. The molecule has 0 aliphatic carbocycles. The highest BCUT2D eigenvalue weighted by Gasteiger charge is 2.20. The Kier molecular flexibility index (Phi) is 3.99. The Hall–Kier alpha value is -0.980. The highest BCUT2D eigenvalue weighted by Crippen LogP contribution is 2.15. The van der Waals surface area contributed by atoms with Crippen molar-refractivity contribution in [3.05, 3.63) is 11.9 Å². The lowest BCUT2D eigenvalue weighted by Crippen LogP contribution is -2.45. The Morgan fingerprint density at radius 3 is 2.44 bits per heavy atom. The first-order chi connectivity index (χ1) is 8.45. The van der Waals surface area contributed by atoms with Gasteiger partial charge >= 0.3 is 0 Å². The van der Waals surface area contributed by atoms with E-state index in [1.807, 2.05) is 10.9 Å². The summed E-state index contributed by atoms with van der Waals surface area (Å²) >= 11 is 0. The van der Waals surface area contributed by atoms with Crippen LogP contribution in [-0.4, -0.2) is 69.7 Å². The molecule has 1 aliphatic rings. The lowest BCUT2D eigenvalue weighted by atomic mass is 10.1. The minimum atomic E-state index is -0.911. The molecule has 18 heavy (non-hydrogen) atoms. The summed E-state index contributed by atoms with van der Waals surface area (Å²) in [5.41, 5.74) is -0.285. The van der Waals surface area contributed by atoms with Crippen molar-refractivity contribution in [1.82, 2.24) is 24.8 Å². The molecule has 2 rings (SSSR count). The van der Waals surface area contributed by atoms with Crippen LogP contribution in [0.5, 0.6) is 0 Å². The normalized spacial score (nSPS) is 19.3. The summed E-state index contributed by atoms with van der Waals surface area (Å²) in [4.78, 5) is 4.78. The molecule has 102 valence electrons. The van der Waals surface area contributed by atoms with E-state index in [1.54, 1.807) is 13.8 Å². The number of piperazine rings is 1. The van der Waals surface area contributed by atoms with E-state index >= 15 is 0 Å². The van der Waals surface area contributed by atoms with E-state index in [9.17, 15) is 5.11 Å². The summed E-state index contributed by atoms with van der Waals surface area (Å²) in [6.45, 7) is 9.75. The standard InChI is InChI=1S/C12H23N5O/c1-12(2,18)11-10-17(14-13-11)9-8-16-6-4-15(3)5-7-16/h10,18H,4-9H2,1-3H3. The van der Waals surface area contributed by atoms with Crippen molar-refractivity contribution < 1.29 is 5.11 Å². The number of hydrogen-bond acceptors (Lipinski definition) is 5. The molecule has 0 radical (unpaired) electrons. The van der Waals surface area contributed by atoms with E-state index in [4.69, 9.17) is 0 Å². The topological polar surface area (TPSA) is 57.4 Å². The third-order valence-corrected chi connectivity index (χ3v) is 3.41. The maximum absolute atomic E-state index is 9.82. The van der Waals surface area contributed by atoms with Gasteiger partial charge in [-0.25, -0.2) is 0 Å². The molecule has 1 N–H and O–H groups in total. The molecule has 0 saturated carbocycles. The average Bonchev–Trinajstić information content (AvgIpc) is 2.77. The van der Waals surface area contributed by atoms with E-state index in [0.29, 0.717) is 5.69 Å². The van der Waals surface area contributed by atoms with Gasteiger partial charge < -0.3 is 10.0 Å². The first-order valence-corrected chi connectivity index (χ1v) is 6.49. The van der Waals surface area contributed by atoms with Crippen LogP contribution in [0.3, 0.4) is 0 Å². The van der Waals surface area contributed by atoms with Crippen LogP contribution < -0.4 is 0 Å². The smallest absolute Gasteiger partial charge is 0.114 e. The maximum Gasteiger partial charge on any atom is 0.114 e. The van der Waals surface area contributed by atoms with Crippen molar-refractivity contribution in [1.29, 1.82) is 0 Å². The van der Waals surface area contributed by atoms with E-state index in [0.717, 1.165) is 39.3 Å². The molecule has 0 bridgehead atoms. The van der Waals surface area contributed by atoms with Gasteiger partial charge in [0.2, 0.25) is 0 Å². The number of aromatic nitrogens is 3. The molecule has 6 nitrogen and oxygen atoms in total. The summed E-state index contributed by atoms with van der Waals surface area (Å²) in [5, 5.41) is 17.9. The number of hydrogen-bond donors (Lipinski definition) is 1. The third-order valence-electron chi connectivity index (χ3n) is 3.41. The Labute approximate surface area is 108 Å². The second-order valence-corrected chi connectivity index (χ2v) is 5.57. The minimum Gasteiger partial charge on any atom is -0.384 e. The van der Waals surface area contributed by atoms with Crippen LogP contribution in [0.15, 0.2) is 6.20 Å². The van der Waals surface area contributed by atoms with Gasteiger partial charge in [0.15, 0.2) is 0 Å². The lowest BCUT2D eigenvalue weighted by Gasteiger charge is -2.32. The average molecular weight is 253 g/mol. The molecule has 6 heteroatoms. The van der Waals surface area contributed by atoms with Crippen molar-refractivity contribution in [2.45, 2.75) is 26.0 Å². The predicted octanol–water partition coefficient (Wildman–Crippen LogP) is -0.247. The molecular weight excluding hydrogens is 230 g/mol. The zero-order valence-electron chi connectivity index (χ0n) is 11.5. The number of rotatable bonds is 4. The van der Waals surface area contributed by atoms with Crippen molar-refractivity contribution in [2.24, 2.45) is 0 Å². The summed E-state index contributed by atoms with van der Waals surface area (Å²) in [6.07, 6.45) is 1.83. The number of likely N-dealkylation sites (N-methyl/N-ethyl adjacent to an activating group) is 1. The van der Waals surface area contributed by atoms with Gasteiger partial charge in [-0.15, -0.1) is 5.10 Å². The van der Waals surface area contributed by atoms with Crippen molar-refractivity contribution >= 4 is 0 Å². The second kappa shape index (κ2) is 5.34. The van der Waals surface area contributed by atoms with E-state index in [1.165, 1.54) is 0 Å². The van der Waals surface area contributed by atoms with Gasteiger partial charge in [-0.05, 0) is 20.9 Å². The molecule has 0 atom stereocenters. The molecular formula is C12H23N5O.